The van der Waals surface area contributed by atoms with Crippen LogP contribution in [0.4, 0.5) is 0 Å². The van der Waals surface area contributed by atoms with Gasteiger partial charge in [0.1, 0.15) is 0 Å². The molecule has 0 aromatic heterocycles. The van der Waals surface area contributed by atoms with Crippen molar-refractivity contribution >= 4 is 17.8 Å². The van der Waals surface area contributed by atoms with Crippen molar-refractivity contribution in [2.24, 2.45) is 23.5 Å². The lowest BCUT2D eigenvalue weighted by atomic mass is 9.85. The molecule has 18 heavy (non-hydrogen) atoms. The summed E-state index contributed by atoms with van der Waals surface area (Å²) in [5, 5.41) is 11.6. The average Bonchev–Trinajstić information content (AvgIpc) is 3.09. The summed E-state index contributed by atoms with van der Waals surface area (Å²) in [5.74, 6) is -2.28. The highest BCUT2D eigenvalue weighted by Gasteiger charge is 2.48. The summed E-state index contributed by atoms with van der Waals surface area (Å²) in [6.45, 7) is 0. The molecule has 4 N–H and O–H groups in total. The van der Waals surface area contributed by atoms with Gasteiger partial charge in [-0.1, -0.05) is 0 Å². The normalized spacial score (nSPS) is 34.7. The quantitative estimate of drug-likeness (QED) is 0.649. The van der Waals surface area contributed by atoms with Crippen molar-refractivity contribution in [2.75, 3.05) is 0 Å². The topological polar surface area (TPSA) is 109 Å². The van der Waals surface area contributed by atoms with Crippen molar-refractivity contribution < 1.29 is 19.5 Å². The number of carboxylic acids is 1. The first-order valence-corrected chi connectivity index (χ1v) is 6.31. The fraction of sp³-hybridized carbons (Fsp3) is 0.750. The maximum atomic E-state index is 11.7. The van der Waals surface area contributed by atoms with Crippen LogP contribution in [0.5, 0.6) is 0 Å². The molecule has 2 aliphatic rings. The number of rotatable bonds is 4. The molecule has 2 rings (SSSR count). The van der Waals surface area contributed by atoms with Crippen molar-refractivity contribution in [3.8, 4) is 0 Å². The van der Waals surface area contributed by atoms with E-state index in [1.807, 2.05) is 0 Å². The Morgan fingerprint density at radius 3 is 2.11 bits per heavy atom. The molecule has 0 spiro atoms. The molecule has 0 aromatic carbocycles. The zero-order chi connectivity index (χ0) is 13.3. The molecule has 0 saturated heterocycles. The van der Waals surface area contributed by atoms with E-state index in [0.717, 1.165) is 12.8 Å². The van der Waals surface area contributed by atoms with Gasteiger partial charge >= 0.3 is 5.97 Å². The molecule has 0 unspecified atom stereocenters. The molecule has 0 aromatic rings. The van der Waals surface area contributed by atoms with Crippen LogP contribution >= 0.6 is 0 Å². The number of hydrogen-bond donors (Lipinski definition) is 3. The molecule has 0 bridgehead atoms. The van der Waals surface area contributed by atoms with Crippen molar-refractivity contribution in [3.05, 3.63) is 0 Å². The standard InChI is InChI=1S/C12H18N2O4/c13-10(15)6-1-3-7(4-2-6)14-11(16)8-5-9(8)12(17)18/h6-9H,1-5H2,(H2,13,15)(H,14,16)(H,17,18)/t6?,7?,8-,9+/m1/s1. The lowest BCUT2D eigenvalue weighted by molar-refractivity contribution is -0.140. The Kier molecular flexibility index (Phi) is 3.54. The first-order chi connectivity index (χ1) is 8.49. The second-order valence-corrected chi connectivity index (χ2v) is 5.25. The molecular weight excluding hydrogens is 236 g/mol. The van der Waals surface area contributed by atoms with Gasteiger partial charge in [0.2, 0.25) is 11.8 Å². The number of amides is 2. The highest BCUT2D eigenvalue weighted by atomic mass is 16.4. The maximum Gasteiger partial charge on any atom is 0.307 e. The Hall–Kier alpha value is -1.59. The molecule has 2 fully saturated rings. The number of carbonyl (C=O) groups excluding carboxylic acids is 2. The Morgan fingerprint density at radius 2 is 1.67 bits per heavy atom. The second kappa shape index (κ2) is 4.96. The van der Waals surface area contributed by atoms with Crippen molar-refractivity contribution in [2.45, 2.75) is 38.1 Å². The molecule has 2 saturated carbocycles. The summed E-state index contributed by atoms with van der Waals surface area (Å²) < 4.78 is 0. The number of nitrogens with two attached hydrogens (primary N) is 1. The van der Waals surface area contributed by atoms with E-state index in [0.29, 0.717) is 19.3 Å². The highest BCUT2D eigenvalue weighted by Crippen LogP contribution is 2.39. The molecular formula is C12H18N2O4. The molecule has 100 valence electrons. The number of aliphatic carboxylic acids is 1. The summed E-state index contributed by atoms with van der Waals surface area (Å²) in [4.78, 5) is 33.4. The summed E-state index contributed by atoms with van der Waals surface area (Å²) in [5.41, 5.74) is 5.23. The Bertz CT molecular complexity index is 374. The average molecular weight is 254 g/mol. The van der Waals surface area contributed by atoms with Gasteiger partial charge in [-0.3, -0.25) is 14.4 Å². The van der Waals surface area contributed by atoms with Crippen LogP contribution in [0.2, 0.25) is 0 Å². The van der Waals surface area contributed by atoms with E-state index in [9.17, 15) is 14.4 Å². The van der Waals surface area contributed by atoms with Gasteiger partial charge in [0.05, 0.1) is 11.8 Å². The summed E-state index contributed by atoms with van der Waals surface area (Å²) >= 11 is 0. The van der Waals surface area contributed by atoms with Gasteiger partial charge in [-0.05, 0) is 32.1 Å². The fourth-order valence-corrected chi connectivity index (χ4v) is 2.59. The maximum absolute atomic E-state index is 11.7. The van der Waals surface area contributed by atoms with Gasteiger partial charge in [-0.15, -0.1) is 0 Å². The predicted molar refractivity (Wildman–Crippen MR) is 62.3 cm³/mol. The molecule has 0 radical (unpaired) electrons. The number of hydrogen-bond acceptors (Lipinski definition) is 3. The van der Waals surface area contributed by atoms with Crippen LogP contribution in [-0.4, -0.2) is 28.9 Å². The van der Waals surface area contributed by atoms with Crippen LogP contribution < -0.4 is 11.1 Å². The molecule has 0 aliphatic heterocycles. The predicted octanol–water partition coefficient (Wildman–Crippen LogP) is -0.133. The molecule has 2 amide bonds. The molecule has 2 aliphatic carbocycles. The van der Waals surface area contributed by atoms with Crippen LogP contribution in [0, 0.1) is 17.8 Å². The van der Waals surface area contributed by atoms with E-state index in [2.05, 4.69) is 5.32 Å². The van der Waals surface area contributed by atoms with Crippen LogP contribution in [-0.2, 0) is 14.4 Å². The largest absolute Gasteiger partial charge is 0.481 e. The lowest BCUT2D eigenvalue weighted by Crippen LogP contribution is -2.40. The van der Waals surface area contributed by atoms with Crippen LogP contribution in [0.15, 0.2) is 0 Å². The van der Waals surface area contributed by atoms with Gasteiger partial charge in [0, 0.05) is 12.0 Å². The van der Waals surface area contributed by atoms with Gasteiger partial charge in [0.25, 0.3) is 0 Å². The van der Waals surface area contributed by atoms with E-state index in [-0.39, 0.29) is 29.7 Å². The second-order valence-electron chi connectivity index (χ2n) is 5.25. The summed E-state index contributed by atoms with van der Waals surface area (Å²) in [6.07, 6.45) is 3.33. The number of carbonyl (C=O) groups is 3. The van der Waals surface area contributed by atoms with Crippen LogP contribution in [0.1, 0.15) is 32.1 Å². The third-order valence-electron chi connectivity index (χ3n) is 3.92. The molecule has 2 atom stereocenters. The van der Waals surface area contributed by atoms with Crippen molar-refractivity contribution in [3.63, 3.8) is 0 Å². The van der Waals surface area contributed by atoms with Gasteiger partial charge in [-0.2, -0.15) is 0 Å². The Labute approximate surface area is 105 Å². The monoisotopic (exact) mass is 254 g/mol. The number of carboxylic acid groups (broad SMARTS) is 1. The fourth-order valence-electron chi connectivity index (χ4n) is 2.59. The Balaban J connectivity index is 1.74. The minimum Gasteiger partial charge on any atom is -0.481 e. The molecule has 0 heterocycles. The lowest BCUT2D eigenvalue weighted by Gasteiger charge is -2.27. The number of primary amides is 1. The number of nitrogens with one attached hydrogen (secondary N) is 1. The third-order valence-corrected chi connectivity index (χ3v) is 3.92. The van der Waals surface area contributed by atoms with Crippen molar-refractivity contribution in [1.82, 2.24) is 5.32 Å². The third kappa shape index (κ3) is 2.80. The molecule has 6 nitrogen and oxygen atoms in total. The zero-order valence-corrected chi connectivity index (χ0v) is 10.1. The van der Waals surface area contributed by atoms with E-state index < -0.39 is 11.9 Å². The van der Waals surface area contributed by atoms with E-state index in [1.54, 1.807) is 0 Å². The van der Waals surface area contributed by atoms with Gasteiger partial charge in [-0.25, -0.2) is 0 Å². The van der Waals surface area contributed by atoms with Crippen molar-refractivity contribution in [1.29, 1.82) is 0 Å². The van der Waals surface area contributed by atoms with Crippen LogP contribution in [0.25, 0.3) is 0 Å². The first-order valence-electron chi connectivity index (χ1n) is 6.31. The summed E-state index contributed by atoms with van der Waals surface area (Å²) in [7, 11) is 0. The molecule has 6 heteroatoms. The SMILES string of the molecule is NC(=O)C1CCC(NC(=O)[C@@H]2C[C@@H]2C(=O)O)CC1. The Morgan fingerprint density at radius 1 is 1.06 bits per heavy atom. The zero-order valence-electron chi connectivity index (χ0n) is 10.1. The first kappa shape index (κ1) is 12.9. The summed E-state index contributed by atoms with van der Waals surface area (Å²) in [6, 6.07) is 0.0585. The van der Waals surface area contributed by atoms with E-state index >= 15 is 0 Å². The van der Waals surface area contributed by atoms with E-state index in [1.165, 1.54) is 0 Å². The van der Waals surface area contributed by atoms with Gasteiger partial charge in [0.15, 0.2) is 0 Å². The minimum absolute atomic E-state index is 0.0585. The van der Waals surface area contributed by atoms with Crippen LogP contribution in [0.3, 0.4) is 0 Å². The minimum atomic E-state index is -0.896. The highest BCUT2D eigenvalue weighted by molar-refractivity contribution is 5.89. The smallest absolute Gasteiger partial charge is 0.307 e. The van der Waals surface area contributed by atoms with E-state index in [4.69, 9.17) is 10.8 Å². The van der Waals surface area contributed by atoms with Gasteiger partial charge < -0.3 is 16.2 Å².